The average molecular weight is 285 g/mol. The molecule has 3 rings (SSSR count). The maximum atomic E-state index is 12.7. The molecular weight excluding hydrogens is 262 g/mol. The van der Waals surface area contributed by atoms with E-state index in [1.165, 1.54) is 19.3 Å². The van der Waals surface area contributed by atoms with Gasteiger partial charge >= 0.3 is 0 Å². The molecule has 0 bridgehead atoms. The van der Waals surface area contributed by atoms with Gasteiger partial charge in [-0.2, -0.15) is 0 Å². The highest BCUT2D eigenvalue weighted by molar-refractivity contribution is 5.94. The molecule has 0 radical (unpaired) electrons. The Morgan fingerprint density at radius 2 is 2.10 bits per heavy atom. The molecule has 1 fully saturated rings. The summed E-state index contributed by atoms with van der Waals surface area (Å²) in [5.74, 6) is 0.562. The fourth-order valence-electron chi connectivity index (χ4n) is 3.31. The summed E-state index contributed by atoms with van der Waals surface area (Å²) in [6.45, 7) is 6.17. The molecule has 2 aromatic heterocycles. The quantitative estimate of drug-likeness (QED) is 0.920. The lowest BCUT2D eigenvalue weighted by Crippen LogP contribution is -2.41. The predicted molar refractivity (Wildman–Crippen MR) is 83.6 cm³/mol. The van der Waals surface area contributed by atoms with E-state index in [9.17, 15) is 4.79 Å². The van der Waals surface area contributed by atoms with Crippen molar-refractivity contribution in [3.8, 4) is 0 Å². The Morgan fingerprint density at radius 1 is 1.33 bits per heavy atom. The van der Waals surface area contributed by atoms with Crippen LogP contribution < -0.4 is 5.32 Å². The van der Waals surface area contributed by atoms with E-state index < -0.39 is 0 Å². The number of rotatable bonds is 2. The third-order valence-corrected chi connectivity index (χ3v) is 4.60. The van der Waals surface area contributed by atoms with Crippen molar-refractivity contribution in [2.24, 2.45) is 5.92 Å². The van der Waals surface area contributed by atoms with Crippen molar-refractivity contribution in [3.63, 3.8) is 0 Å². The van der Waals surface area contributed by atoms with Crippen LogP contribution in [0.2, 0.25) is 0 Å². The molecule has 1 N–H and O–H groups in total. The fourth-order valence-corrected chi connectivity index (χ4v) is 3.31. The van der Waals surface area contributed by atoms with Gasteiger partial charge in [0.1, 0.15) is 11.3 Å². The first-order valence-electron chi connectivity index (χ1n) is 7.82. The van der Waals surface area contributed by atoms with Crippen molar-refractivity contribution >= 4 is 11.6 Å². The summed E-state index contributed by atoms with van der Waals surface area (Å²) in [5, 5.41) is 3.22. The summed E-state index contributed by atoms with van der Waals surface area (Å²) >= 11 is 0. The molecule has 1 saturated carbocycles. The molecule has 2 unspecified atom stereocenters. The molecule has 0 saturated heterocycles. The number of fused-ring (bicyclic) bond motifs is 1. The number of aryl methyl sites for hydroxylation is 2. The summed E-state index contributed by atoms with van der Waals surface area (Å²) in [7, 11) is 0. The highest BCUT2D eigenvalue weighted by Gasteiger charge is 2.25. The van der Waals surface area contributed by atoms with Gasteiger partial charge in [-0.1, -0.05) is 19.8 Å². The maximum Gasteiger partial charge on any atom is 0.270 e. The lowest BCUT2D eigenvalue weighted by atomic mass is 9.86. The Balaban J connectivity index is 1.89. The fraction of sp³-hybridized carbons (Fsp3) is 0.529. The summed E-state index contributed by atoms with van der Waals surface area (Å²) in [5.41, 5.74) is 3.46. The van der Waals surface area contributed by atoms with Gasteiger partial charge in [0, 0.05) is 12.2 Å². The van der Waals surface area contributed by atoms with Crippen LogP contribution in [0.4, 0.5) is 0 Å². The number of nitrogens with one attached hydrogen (secondary N) is 1. The Bertz CT molecular complexity index is 674. The van der Waals surface area contributed by atoms with Crippen molar-refractivity contribution in [2.45, 2.75) is 52.5 Å². The highest BCUT2D eigenvalue weighted by atomic mass is 16.2. The van der Waals surface area contributed by atoms with Crippen molar-refractivity contribution < 1.29 is 4.79 Å². The van der Waals surface area contributed by atoms with E-state index in [0.29, 0.717) is 17.7 Å². The van der Waals surface area contributed by atoms with Crippen LogP contribution in [0.5, 0.6) is 0 Å². The SMILES string of the molecule is Cc1ccn2c(C(=O)NC3CCCCC3C)c(C)nc2c1. The van der Waals surface area contributed by atoms with Gasteiger partial charge in [0.25, 0.3) is 5.91 Å². The third kappa shape index (κ3) is 2.67. The first-order valence-corrected chi connectivity index (χ1v) is 7.82. The van der Waals surface area contributed by atoms with Gasteiger partial charge in [0.2, 0.25) is 0 Å². The second-order valence-electron chi connectivity index (χ2n) is 6.32. The Morgan fingerprint density at radius 3 is 2.86 bits per heavy atom. The van der Waals surface area contributed by atoms with E-state index in [0.717, 1.165) is 23.3 Å². The van der Waals surface area contributed by atoms with Gasteiger partial charge in [-0.15, -0.1) is 0 Å². The minimum Gasteiger partial charge on any atom is -0.348 e. The Hall–Kier alpha value is -1.84. The van der Waals surface area contributed by atoms with Gasteiger partial charge in [-0.25, -0.2) is 4.98 Å². The molecule has 1 aliphatic rings. The minimum absolute atomic E-state index is 0.00241. The van der Waals surface area contributed by atoms with Crippen LogP contribution in [0.1, 0.15) is 54.4 Å². The average Bonchev–Trinajstić information content (AvgIpc) is 2.76. The monoisotopic (exact) mass is 285 g/mol. The topological polar surface area (TPSA) is 46.4 Å². The van der Waals surface area contributed by atoms with Gasteiger partial charge < -0.3 is 5.32 Å². The summed E-state index contributed by atoms with van der Waals surface area (Å²) in [6.07, 6.45) is 6.71. The highest BCUT2D eigenvalue weighted by Crippen LogP contribution is 2.24. The zero-order valence-electron chi connectivity index (χ0n) is 13.0. The molecule has 4 heteroatoms. The molecule has 0 aliphatic heterocycles. The first-order chi connectivity index (χ1) is 10.1. The van der Waals surface area contributed by atoms with E-state index in [2.05, 4.69) is 17.2 Å². The number of hydrogen-bond acceptors (Lipinski definition) is 2. The number of imidazole rings is 1. The van der Waals surface area contributed by atoms with Crippen LogP contribution in [0.3, 0.4) is 0 Å². The standard InChI is InChI=1S/C17H23N3O/c1-11-8-9-20-15(10-11)18-13(3)16(20)17(21)19-14-7-5-4-6-12(14)2/h8-10,12,14H,4-7H2,1-3H3,(H,19,21). The zero-order chi connectivity index (χ0) is 15.0. The molecule has 2 aromatic rings. The molecule has 1 amide bonds. The van der Waals surface area contributed by atoms with Crippen molar-refractivity contribution in [2.75, 3.05) is 0 Å². The molecule has 2 atom stereocenters. The van der Waals surface area contributed by atoms with Gasteiger partial charge in [0.15, 0.2) is 0 Å². The molecular formula is C17H23N3O. The third-order valence-electron chi connectivity index (χ3n) is 4.60. The van der Waals surface area contributed by atoms with Crippen LogP contribution in [0.25, 0.3) is 5.65 Å². The summed E-state index contributed by atoms with van der Waals surface area (Å²) in [6, 6.07) is 4.31. The Labute approximate surface area is 125 Å². The Kier molecular flexibility index (Phi) is 3.70. The van der Waals surface area contributed by atoms with Crippen LogP contribution in [0, 0.1) is 19.8 Å². The van der Waals surface area contributed by atoms with Gasteiger partial charge in [-0.3, -0.25) is 9.20 Å². The lowest BCUT2D eigenvalue weighted by Gasteiger charge is -2.29. The molecule has 0 spiro atoms. The number of amides is 1. The second-order valence-corrected chi connectivity index (χ2v) is 6.32. The van der Waals surface area contributed by atoms with Crippen LogP contribution in [-0.2, 0) is 0 Å². The smallest absolute Gasteiger partial charge is 0.270 e. The normalized spacial score (nSPS) is 22.4. The van der Waals surface area contributed by atoms with E-state index in [1.807, 2.05) is 36.6 Å². The molecule has 4 nitrogen and oxygen atoms in total. The minimum atomic E-state index is 0.00241. The predicted octanol–water partition coefficient (Wildman–Crippen LogP) is 3.26. The molecule has 21 heavy (non-hydrogen) atoms. The first kappa shape index (κ1) is 14.1. The largest absolute Gasteiger partial charge is 0.348 e. The number of nitrogens with zero attached hydrogens (tertiary/aromatic N) is 2. The summed E-state index contributed by atoms with van der Waals surface area (Å²) in [4.78, 5) is 17.2. The molecule has 0 aromatic carbocycles. The van der Waals surface area contributed by atoms with E-state index in [-0.39, 0.29) is 5.91 Å². The number of carbonyl (C=O) groups excluding carboxylic acids is 1. The summed E-state index contributed by atoms with van der Waals surface area (Å²) < 4.78 is 1.89. The van der Waals surface area contributed by atoms with E-state index in [4.69, 9.17) is 0 Å². The van der Waals surface area contributed by atoms with Crippen LogP contribution in [0.15, 0.2) is 18.3 Å². The van der Waals surface area contributed by atoms with Crippen molar-refractivity contribution in [3.05, 3.63) is 35.3 Å². The van der Waals surface area contributed by atoms with Crippen molar-refractivity contribution in [1.82, 2.24) is 14.7 Å². The number of hydrogen-bond donors (Lipinski definition) is 1. The second kappa shape index (κ2) is 5.51. The number of pyridine rings is 1. The van der Waals surface area contributed by atoms with E-state index in [1.54, 1.807) is 0 Å². The number of aromatic nitrogens is 2. The van der Waals surface area contributed by atoms with E-state index >= 15 is 0 Å². The molecule has 2 heterocycles. The van der Waals surface area contributed by atoms with Crippen molar-refractivity contribution in [1.29, 1.82) is 0 Å². The van der Waals surface area contributed by atoms with Crippen LogP contribution in [-0.4, -0.2) is 21.3 Å². The lowest BCUT2D eigenvalue weighted by molar-refractivity contribution is 0.0903. The molecule has 112 valence electrons. The zero-order valence-corrected chi connectivity index (χ0v) is 13.0. The van der Waals surface area contributed by atoms with Crippen LogP contribution >= 0.6 is 0 Å². The number of carbonyl (C=O) groups is 1. The molecule has 1 aliphatic carbocycles. The maximum absolute atomic E-state index is 12.7. The van der Waals surface area contributed by atoms with Gasteiger partial charge in [0.05, 0.1) is 5.69 Å². The van der Waals surface area contributed by atoms with Gasteiger partial charge in [-0.05, 0) is 50.3 Å².